The Hall–Kier alpha value is -2.66. The predicted octanol–water partition coefficient (Wildman–Crippen LogP) is 4.04. The lowest BCUT2D eigenvalue weighted by atomic mass is 9.98. The summed E-state index contributed by atoms with van der Waals surface area (Å²) < 4.78 is 10.8. The standard InChI is InChI=1S/C20H19ClN2O3/c1-25-18-8-12-5-6-23(11-14(12)9-19(18)26-2)20(24)17-7-13-3-4-15(21)10-16(13)22-17/h3-4,7-10,22H,5-6,11H2,1-2H3. The molecule has 1 amide bonds. The van der Waals surface area contributed by atoms with E-state index in [1.54, 1.807) is 14.2 Å². The van der Waals surface area contributed by atoms with E-state index in [1.807, 2.05) is 41.3 Å². The summed E-state index contributed by atoms with van der Waals surface area (Å²) >= 11 is 6.03. The van der Waals surface area contributed by atoms with Gasteiger partial charge in [-0.15, -0.1) is 0 Å². The molecule has 0 atom stereocenters. The van der Waals surface area contributed by atoms with Crippen molar-refractivity contribution in [1.82, 2.24) is 9.88 Å². The summed E-state index contributed by atoms with van der Waals surface area (Å²) in [5.41, 5.74) is 3.72. The normalized spacial score (nSPS) is 13.6. The topological polar surface area (TPSA) is 54.6 Å². The van der Waals surface area contributed by atoms with Gasteiger partial charge in [0.2, 0.25) is 0 Å². The van der Waals surface area contributed by atoms with Crippen molar-refractivity contribution in [2.24, 2.45) is 0 Å². The summed E-state index contributed by atoms with van der Waals surface area (Å²) in [6.07, 6.45) is 0.785. The molecular formula is C20H19ClN2O3. The number of aromatic amines is 1. The van der Waals surface area contributed by atoms with Crippen LogP contribution in [0.3, 0.4) is 0 Å². The lowest BCUT2D eigenvalue weighted by Gasteiger charge is -2.29. The van der Waals surface area contributed by atoms with E-state index >= 15 is 0 Å². The van der Waals surface area contributed by atoms with Crippen LogP contribution in [0.5, 0.6) is 11.5 Å². The van der Waals surface area contributed by atoms with Crippen LogP contribution in [-0.4, -0.2) is 36.6 Å². The van der Waals surface area contributed by atoms with Crippen LogP contribution in [0.25, 0.3) is 10.9 Å². The second-order valence-electron chi connectivity index (χ2n) is 6.37. The van der Waals surface area contributed by atoms with Gasteiger partial charge < -0.3 is 19.4 Å². The quantitative estimate of drug-likeness (QED) is 0.757. The highest BCUT2D eigenvalue weighted by atomic mass is 35.5. The average molecular weight is 371 g/mol. The molecule has 0 saturated heterocycles. The van der Waals surface area contributed by atoms with E-state index in [9.17, 15) is 4.79 Å². The van der Waals surface area contributed by atoms with Crippen molar-refractivity contribution < 1.29 is 14.3 Å². The van der Waals surface area contributed by atoms with Crippen LogP contribution in [-0.2, 0) is 13.0 Å². The Morgan fingerprint density at radius 3 is 2.54 bits per heavy atom. The molecular weight excluding hydrogens is 352 g/mol. The number of fused-ring (bicyclic) bond motifs is 2. The second-order valence-corrected chi connectivity index (χ2v) is 6.80. The number of halogens is 1. The van der Waals surface area contributed by atoms with Gasteiger partial charge in [-0.3, -0.25) is 4.79 Å². The predicted molar refractivity (Wildman–Crippen MR) is 101 cm³/mol. The smallest absolute Gasteiger partial charge is 0.270 e. The molecule has 0 bridgehead atoms. The number of hydrogen-bond donors (Lipinski definition) is 1. The van der Waals surface area contributed by atoms with Crippen LogP contribution < -0.4 is 9.47 Å². The number of H-pyrrole nitrogens is 1. The highest BCUT2D eigenvalue weighted by Crippen LogP contribution is 2.33. The van der Waals surface area contributed by atoms with E-state index < -0.39 is 0 Å². The first-order valence-corrected chi connectivity index (χ1v) is 8.78. The van der Waals surface area contributed by atoms with Gasteiger partial charge in [-0.25, -0.2) is 0 Å². The molecule has 1 aliphatic heterocycles. The first-order chi connectivity index (χ1) is 12.6. The molecule has 2 aromatic carbocycles. The van der Waals surface area contributed by atoms with Crippen LogP contribution in [0.2, 0.25) is 5.02 Å². The number of rotatable bonds is 3. The fraction of sp³-hybridized carbons (Fsp3) is 0.250. The Bertz CT molecular complexity index is 996. The summed E-state index contributed by atoms with van der Waals surface area (Å²) in [5.74, 6) is 1.39. The zero-order valence-electron chi connectivity index (χ0n) is 14.6. The number of benzene rings is 2. The highest BCUT2D eigenvalue weighted by molar-refractivity contribution is 6.31. The van der Waals surface area contributed by atoms with Gasteiger partial charge >= 0.3 is 0 Å². The van der Waals surface area contributed by atoms with E-state index in [-0.39, 0.29) is 5.91 Å². The van der Waals surface area contributed by atoms with Crippen LogP contribution in [0.15, 0.2) is 36.4 Å². The maximum atomic E-state index is 12.9. The number of amides is 1. The van der Waals surface area contributed by atoms with Gasteiger partial charge in [0, 0.05) is 29.0 Å². The van der Waals surface area contributed by atoms with Crippen LogP contribution in [0.4, 0.5) is 0 Å². The third-order valence-electron chi connectivity index (χ3n) is 4.82. The minimum atomic E-state index is -0.0160. The average Bonchev–Trinajstić information content (AvgIpc) is 3.08. The Morgan fingerprint density at radius 2 is 1.81 bits per heavy atom. The molecule has 1 aromatic heterocycles. The number of methoxy groups -OCH3 is 2. The molecule has 1 aliphatic rings. The van der Waals surface area contributed by atoms with E-state index in [0.29, 0.717) is 29.6 Å². The number of aromatic nitrogens is 1. The third-order valence-corrected chi connectivity index (χ3v) is 5.06. The molecule has 0 radical (unpaired) electrons. The summed E-state index contributed by atoms with van der Waals surface area (Å²) in [6.45, 7) is 1.21. The third kappa shape index (κ3) is 2.88. The number of carbonyl (C=O) groups is 1. The summed E-state index contributed by atoms with van der Waals surface area (Å²) in [5, 5.41) is 1.62. The van der Waals surface area contributed by atoms with Gasteiger partial charge in [0.1, 0.15) is 5.69 Å². The van der Waals surface area contributed by atoms with Crippen molar-refractivity contribution in [2.45, 2.75) is 13.0 Å². The maximum Gasteiger partial charge on any atom is 0.270 e. The molecule has 5 nitrogen and oxygen atoms in total. The second kappa shape index (κ2) is 6.57. The molecule has 0 saturated carbocycles. The Morgan fingerprint density at radius 1 is 1.08 bits per heavy atom. The van der Waals surface area contributed by atoms with E-state index in [1.165, 1.54) is 5.56 Å². The van der Waals surface area contributed by atoms with Crippen molar-refractivity contribution in [2.75, 3.05) is 20.8 Å². The zero-order valence-corrected chi connectivity index (χ0v) is 15.4. The minimum absolute atomic E-state index is 0.0160. The first-order valence-electron chi connectivity index (χ1n) is 8.40. The molecule has 2 heterocycles. The number of nitrogens with zero attached hydrogens (tertiary/aromatic N) is 1. The lowest BCUT2D eigenvalue weighted by Crippen LogP contribution is -2.36. The van der Waals surface area contributed by atoms with Gasteiger partial charge in [-0.05, 0) is 47.9 Å². The number of carbonyl (C=O) groups excluding carboxylic acids is 1. The van der Waals surface area contributed by atoms with Crippen molar-refractivity contribution in [3.63, 3.8) is 0 Å². The minimum Gasteiger partial charge on any atom is -0.493 e. The lowest BCUT2D eigenvalue weighted by molar-refractivity contribution is 0.0729. The number of nitrogens with one attached hydrogen (secondary N) is 1. The summed E-state index contributed by atoms with van der Waals surface area (Å²) in [4.78, 5) is 18.0. The van der Waals surface area contributed by atoms with Crippen LogP contribution in [0, 0.1) is 0 Å². The Kier molecular flexibility index (Phi) is 4.24. The van der Waals surface area contributed by atoms with Crippen molar-refractivity contribution >= 4 is 28.4 Å². The van der Waals surface area contributed by atoms with Gasteiger partial charge in [-0.2, -0.15) is 0 Å². The zero-order chi connectivity index (χ0) is 18.3. The largest absolute Gasteiger partial charge is 0.493 e. The summed E-state index contributed by atoms with van der Waals surface area (Å²) in [7, 11) is 3.25. The first kappa shape index (κ1) is 16.8. The molecule has 0 unspecified atom stereocenters. The SMILES string of the molecule is COc1cc2c(cc1OC)CN(C(=O)c1cc3ccc(Cl)cc3[nH]1)CC2. The van der Waals surface area contributed by atoms with E-state index in [4.69, 9.17) is 21.1 Å². The van der Waals surface area contributed by atoms with Crippen molar-refractivity contribution in [3.8, 4) is 11.5 Å². The maximum absolute atomic E-state index is 12.9. The van der Waals surface area contributed by atoms with E-state index in [2.05, 4.69) is 4.98 Å². The molecule has 6 heteroatoms. The highest BCUT2D eigenvalue weighted by Gasteiger charge is 2.24. The van der Waals surface area contributed by atoms with Gasteiger partial charge in [0.25, 0.3) is 5.91 Å². The van der Waals surface area contributed by atoms with Crippen molar-refractivity contribution in [1.29, 1.82) is 0 Å². The number of ether oxygens (including phenoxy) is 2. The molecule has 0 fully saturated rings. The molecule has 134 valence electrons. The molecule has 1 N–H and O–H groups in total. The molecule has 4 rings (SSSR count). The summed E-state index contributed by atoms with van der Waals surface area (Å²) in [6, 6.07) is 11.4. The molecule has 3 aromatic rings. The van der Waals surface area contributed by atoms with Crippen molar-refractivity contribution in [3.05, 3.63) is 58.2 Å². The van der Waals surface area contributed by atoms with Gasteiger partial charge in [0.15, 0.2) is 11.5 Å². The molecule has 0 spiro atoms. The van der Waals surface area contributed by atoms with Crippen LogP contribution in [0.1, 0.15) is 21.6 Å². The Labute approximate surface area is 156 Å². The fourth-order valence-corrected chi connectivity index (χ4v) is 3.61. The van der Waals surface area contributed by atoms with Gasteiger partial charge in [-0.1, -0.05) is 17.7 Å². The number of hydrogen-bond acceptors (Lipinski definition) is 3. The van der Waals surface area contributed by atoms with Gasteiger partial charge in [0.05, 0.1) is 14.2 Å². The monoisotopic (exact) mass is 370 g/mol. The molecule has 0 aliphatic carbocycles. The Balaban J connectivity index is 1.62. The van der Waals surface area contributed by atoms with E-state index in [0.717, 1.165) is 28.6 Å². The molecule has 26 heavy (non-hydrogen) atoms. The fourth-order valence-electron chi connectivity index (χ4n) is 3.44. The van der Waals surface area contributed by atoms with Crippen LogP contribution >= 0.6 is 11.6 Å².